The molecular formula is C16H28N4O2. The third-order valence-electron chi connectivity index (χ3n) is 3.60. The Balaban J connectivity index is 1.93. The number of anilines is 1. The number of ether oxygens (including phenoxy) is 2. The number of morpholine rings is 1. The minimum Gasteiger partial charge on any atom is -0.472 e. The molecule has 1 aromatic heterocycles. The van der Waals surface area contributed by atoms with Crippen molar-refractivity contribution >= 4 is 5.82 Å². The van der Waals surface area contributed by atoms with Gasteiger partial charge in [-0.15, -0.1) is 0 Å². The first-order valence-corrected chi connectivity index (χ1v) is 8.02. The van der Waals surface area contributed by atoms with Crippen molar-refractivity contribution < 1.29 is 9.47 Å². The summed E-state index contributed by atoms with van der Waals surface area (Å²) in [7, 11) is 2.03. The van der Waals surface area contributed by atoms with Gasteiger partial charge in [0.2, 0.25) is 0 Å². The minimum absolute atomic E-state index is 0.0878. The summed E-state index contributed by atoms with van der Waals surface area (Å²) in [6.07, 6.45) is 4.05. The summed E-state index contributed by atoms with van der Waals surface area (Å²) in [6, 6.07) is 0. The van der Waals surface area contributed by atoms with Crippen LogP contribution in [0.2, 0.25) is 0 Å². The molecule has 2 heterocycles. The molecule has 0 radical (unpaired) electrons. The van der Waals surface area contributed by atoms with E-state index >= 15 is 0 Å². The molecule has 1 saturated heterocycles. The zero-order valence-corrected chi connectivity index (χ0v) is 14.3. The highest BCUT2D eigenvalue weighted by Gasteiger charge is 2.22. The minimum atomic E-state index is 0.0878. The molecular weight excluding hydrogens is 280 g/mol. The van der Waals surface area contributed by atoms with Crippen LogP contribution in [0.3, 0.4) is 0 Å². The molecule has 6 nitrogen and oxygen atoms in total. The van der Waals surface area contributed by atoms with Gasteiger partial charge in [0, 0.05) is 45.6 Å². The van der Waals surface area contributed by atoms with Crippen LogP contribution in [0, 0.1) is 0 Å². The van der Waals surface area contributed by atoms with Gasteiger partial charge in [0.25, 0.3) is 5.88 Å². The van der Waals surface area contributed by atoms with Crippen LogP contribution in [0.5, 0.6) is 5.88 Å². The zero-order valence-electron chi connectivity index (χ0n) is 14.3. The lowest BCUT2D eigenvalue weighted by molar-refractivity contribution is -0.0670. The van der Waals surface area contributed by atoms with Crippen LogP contribution in [-0.4, -0.2) is 66.4 Å². The molecule has 1 aliphatic rings. The molecule has 6 heteroatoms. The molecule has 0 saturated carbocycles. The number of likely N-dealkylation sites (N-methyl/N-ethyl adjacent to an activating group) is 1. The van der Waals surface area contributed by atoms with Crippen molar-refractivity contribution in [1.29, 1.82) is 0 Å². The summed E-state index contributed by atoms with van der Waals surface area (Å²) in [5, 5.41) is 0. The molecule has 0 aromatic carbocycles. The predicted octanol–water partition coefficient (Wildman–Crippen LogP) is 1.81. The highest BCUT2D eigenvalue weighted by Crippen LogP contribution is 2.22. The van der Waals surface area contributed by atoms with E-state index in [0.717, 1.165) is 32.0 Å². The maximum atomic E-state index is 5.77. The number of hydrogen-bond acceptors (Lipinski definition) is 6. The molecule has 1 fully saturated rings. The lowest BCUT2D eigenvalue weighted by atomic mass is 10.2. The Morgan fingerprint density at radius 3 is 2.55 bits per heavy atom. The van der Waals surface area contributed by atoms with Crippen molar-refractivity contribution in [1.82, 2.24) is 14.9 Å². The van der Waals surface area contributed by atoms with Gasteiger partial charge < -0.3 is 14.4 Å². The fourth-order valence-corrected chi connectivity index (χ4v) is 2.75. The van der Waals surface area contributed by atoms with Crippen LogP contribution in [-0.2, 0) is 4.74 Å². The fourth-order valence-electron chi connectivity index (χ4n) is 2.75. The lowest BCUT2D eigenvalue weighted by Gasteiger charge is -2.36. The van der Waals surface area contributed by atoms with Crippen LogP contribution in [0.4, 0.5) is 5.82 Å². The van der Waals surface area contributed by atoms with Crippen molar-refractivity contribution in [3.05, 3.63) is 12.4 Å². The molecule has 1 aliphatic heterocycles. The first-order chi connectivity index (χ1) is 10.5. The quantitative estimate of drug-likeness (QED) is 0.799. The van der Waals surface area contributed by atoms with E-state index in [-0.39, 0.29) is 6.10 Å². The number of nitrogens with zero attached hydrogens (tertiary/aromatic N) is 4. The van der Waals surface area contributed by atoms with E-state index in [0.29, 0.717) is 18.1 Å². The van der Waals surface area contributed by atoms with Gasteiger partial charge in [-0.1, -0.05) is 0 Å². The smallest absolute Gasteiger partial charge is 0.257 e. The molecule has 2 rings (SSSR count). The van der Waals surface area contributed by atoms with Gasteiger partial charge in [-0.2, -0.15) is 0 Å². The number of rotatable bonds is 6. The summed E-state index contributed by atoms with van der Waals surface area (Å²) >= 11 is 0. The summed E-state index contributed by atoms with van der Waals surface area (Å²) < 4.78 is 11.5. The average molecular weight is 308 g/mol. The van der Waals surface area contributed by atoms with Crippen molar-refractivity contribution in [2.24, 2.45) is 0 Å². The molecule has 0 spiro atoms. The second-order valence-corrected chi connectivity index (χ2v) is 6.29. The molecule has 0 N–H and O–H groups in total. The summed E-state index contributed by atoms with van der Waals surface area (Å²) in [4.78, 5) is 13.3. The Labute approximate surface area is 133 Å². The van der Waals surface area contributed by atoms with E-state index in [1.54, 1.807) is 12.4 Å². The maximum Gasteiger partial charge on any atom is 0.257 e. The molecule has 0 unspecified atom stereocenters. The Morgan fingerprint density at radius 1 is 1.27 bits per heavy atom. The van der Waals surface area contributed by atoms with Gasteiger partial charge in [0.05, 0.1) is 18.3 Å². The zero-order chi connectivity index (χ0) is 16.1. The Morgan fingerprint density at radius 2 is 1.91 bits per heavy atom. The molecule has 2 atom stereocenters. The largest absolute Gasteiger partial charge is 0.472 e. The van der Waals surface area contributed by atoms with E-state index in [2.05, 4.69) is 33.6 Å². The summed E-state index contributed by atoms with van der Waals surface area (Å²) in [6.45, 7) is 12.1. The van der Waals surface area contributed by atoms with Gasteiger partial charge in [-0.3, -0.25) is 4.90 Å². The second-order valence-electron chi connectivity index (χ2n) is 6.29. The van der Waals surface area contributed by atoms with E-state index in [4.69, 9.17) is 9.47 Å². The highest BCUT2D eigenvalue weighted by atomic mass is 16.5. The van der Waals surface area contributed by atoms with Gasteiger partial charge in [-0.25, -0.2) is 9.97 Å². The molecule has 0 aliphatic carbocycles. The lowest BCUT2D eigenvalue weighted by Crippen LogP contribution is -2.47. The van der Waals surface area contributed by atoms with Gasteiger partial charge in [0.15, 0.2) is 5.82 Å². The topological polar surface area (TPSA) is 50.7 Å². The van der Waals surface area contributed by atoms with Crippen LogP contribution in [0.15, 0.2) is 12.4 Å². The standard InChI is InChI=1S/C16H28N4O2/c1-12(2)21-16-15(17-6-7-18-16)19(5)8-9-20-10-13(3)22-14(4)11-20/h6-7,12-14H,8-11H2,1-5H3/t13-,14+. The Hall–Kier alpha value is -1.40. The Kier molecular flexibility index (Phi) is 5.97. The van der Waals surface area contributed by atoms with Crippen LogP contribution >= 0.6 is 0 Å². The number of hydrogen-bond donors (Lipinski definition) is 0. The molecule has 22 heavy (non-hydrogen) atoms. The van der Waals surface area contributed by atoms with Gasteiger partial charge in [0.1, 0.15) is 0 Å². The fraction of sp³-hybridized carbons (Fsp3) is 0.750. The van der Waals surface area contributed by atoms with E-state index in [1.165, 1.54) is 0 Å². The SMILES string of the molecule is CC(C)Oc1nccnc1N(C)CCN1C[C@@H](C)O[C@@H](C)C1. The molecule has 0 bridgehead atoms. The van der Waals surface area contributed by atoms with Crippen LogP contribution in [0.1, 0.15) is 27.7 Å². The predicted molar refractivity (Wildman–Crippen MR) is 87.5 cm³/mol. The highest BCUT2D eigenvalue weighted by molar-refractivity contribution is 5.47. The third-order valence-corrected chi connectivity index (χ3v) is 3.60. The third kappa shape index (κ3) is 4.81. The first-order valence-electron chi connectivity index (χ1n) is 8.02. The molecule has 1 aromatic rings. The van der Waals surface area contributed by atoms with Crippen molar-refractivity contribution in [3.63, 3.8) is 0 Å². The van der Waals surface area contributed by atoms with Crippen LogP contribution in [0.25, 0.3) is 0 Å². The van der Waals surface area contributed by atoms with Gasteiger partial charge in [-0.05, 0) is 27.7 Å². The maximum absolute atomic E-state index is 5.77. The first kappa shape index (κ1) is 17.0. The van der Waals surface area contributed by atoms with Gasteiger partial charge >= 0.3 is 0 Å². The van der Waals surface area contributed by atoms with E-state index in [1.807, 2.05) is 20.9 Å². The Bertz CT molecular complexity index is 459. The molecule has 0 amide bonds. The number of aromatic nitrogens is 2. The van der Waals surface area contributed by atoms with E-state index < -0.39 is 0 Å². The average Bonchev–Trinajstić information content (AvgIpc) is 2.44. The van der Waals surface area contributed by atoms with Crippen molar-refractivity contribution in [2.75, 3.05) is 38.1 Å². The summed E-state index contributed by atoms with van der Waals surface area (Å²) in [5.41, 5.74) is 0. The summed E-state index contributed by atoms with van der Waals surface area (Å²) in [5.74, 6) is 1.40. The van der Waals surface area contributed by atoms with Crippen molar-refractivity contribution in [3.8, 4) is 5.88 Å². The van der Waals surface area contributed by atoms with Crippen molar-refractivity contribution in [2.45, 2.75) is 46.0 Å². The molecule has 124 valence electrons. The monoisotopic (exact) mass is 308 g/mol. The van der Waals surface area contributed by atoms with Crippen LogP contribution < -0.4 is 9.64 Å². The van der Waals surface area contributed by atoms with E-state index in [9.17, 15) is 0 Å². The normalized spacial score (nSPS) is 22.8. The second kappa shape index (κ2) is 7.74.